The standard InChI is InChI=1S/C20H38O4.C16H34/c1-3-5-7-9-11-13-17-23-19(21)15-16-20(22)24-18-14-12-10-8-6-4-2;1-4-5-6-7-8-9-10-11-12-13-14-15-16(2)3/h3-18H2,1-2H3;16H,4-15H2,1-3H3. The average Bonchev–Trinajstić information content (AvgIpc) is 2.94. The molecule has 0 spiro atoms. The van der Waals surface area contributed by atoms with Crippen molar-refractivity contribution in [2.75, 3.05) is 13.2 Å². The molecule has 0 fully saturated rings. The molecule has 0 N–H and O–H groups in total. The molecule has 0 aromatic heterocycles. The third kappa shape index (κ3) is 39.1. The molecule has 0 bridgehead atoms. The van der Waals surface area contributed by atoms with Crippen LogP contribution in [0.3, 0.4) is 0 Å². The topological polar surface area (TPSA) is 52.6 Å². The molecular weight excluding hydrogens is 496 g/mol. The molecule has 4 nitrogen and oxygen atoms in total. The highest BCUT2D eigenvalue weighted by molar-refractivity contribution is 5.77. The van der Waals surface area contributed by atoms with Gasteiger partial charge in [0.1, 0.15) is 0 Å². The van der Waals surface area contributed by atoms with Crippen molar-refractivity contribution in [2.45, 2.75) is 202 Å². The first-order chi connectivity index (χ1) is 19.5. The molecule has 40 heavy (non-hydrogen) atoms. The molecule has 0 aliphatic carbocycles. The fraction of sp³-hybridized carbons (Fsp3) is 0.944. The van der Waals surface area contributed by atoms with E-state index in [0.717, 1.165) is 31.6 Å². The second-order valence-electron chi connectivity index (χ2n) is 12.2. The molecule has 0 unspecified atom stereocenters. The normalized spacial score (nSPS) is 10.8. The third-order valence-corrected chi connectivity index (χ3v) is 7.44. The van der Waals surface area contributed by atoms with E-state index in [0.29, 0.717) is 13.2 Å². The van der Waals surface area contributed by atoms with Crippen LogP contribution >= 0.6 is 0 Å². The van der Waals surface area contributed by atoms with Crippen molar-refractivity contribution in [1.82, 2.24) is 0 Å². The van der Waals surface area contributed by atoms with Gasteiger partial charge in [-0.25, -0.2) is 0 Å². The van der Waals surface area contributed by atoms with E-state index in [4.69, 9.17) is 9.47 Å². The Balaban J connectivity index is 0. The van der Waals surface area contributed by atoms with E-state index in [1.807, 2.05) is 0 Å². The summed E-state index contributed by atoms with van der Waals surface area (Å²) in [5.41, 5.74) is 0. The van der Waals surface area contributed by atoms with Crippen LogP contribution in [-0.4, -0.2) is 25.2 Å². The van der Waals surface area contributed by atoms with Crippen LogP contribution in [0.5, 0.6) is 0 Å². The van der Waals surface area contributed by atoms with Gasteiger partial charge in [-0.15, -0.1) is 0 Å². The highest BCUT2D eigenvalue weighted by Gasteiger charge is 2.09. The van der Waals surface area contributed by atoms with Crippen molar-refractivity contribution >= 4 is 11.9 Å². The number of carbonyl (C=O) groups is 2. The zero-order valence-electron chi connectivity index (χ0n) is 28.0. The van der Waals surface area contributed by atoms with Gasteiger partial charge in [0.2, 0.25) is 0 Å². The number of carbonyl (C=O) groups excluding carboxylic acids is 2. The van der Waals surface area contributed by atoms with E-state index in [1.54, 1.807) is 0 Å². The van der Waals surface area contributed by atoms with Gasteiger partial charge in [0.05, 0.1) is 26.1 Å². The monoisotopic (exact) mass is 569 g/mol. The summed E-state index contributed by atoms with van der Waals surface area (Å²) in [5, 5.41) is 0. The van der Waals surface area contributed by atoms with Gasteiger partial charge in [0.15, 0.2) is 0 Å². The predicted molar refractivity (Wildman–Crippen MR) is 174 cm³/mol. The maximum absolute atomic E-state index is 11.5. The number of unbranched alkanes of at least 4 members (excludes halogenated alkanes) is 20. The van der Waals surface area contributed by atoms with Crippen LogP contribution in [0, 0.1) is 5.92 Å². The first-order valence-electron chi connectivity index (χ1n) is 17.8. The summed E-state index contributed by atoms with van der Waals surface area (Å²) in [4.78, 5) is 23.1. The van der Waals surface area contributed by atoms with Crippen LogP contribution in [0.15, 0.2) is 0 Å². The van der Waals surface area contributed by atoms with E-state index in [-0.39, 0.29) is 24.8 Å². The number of hydrogen-bond acceptors (Lipinski definition) is 4. The lowest BCUT2D eigenvalue weighted by Gasteiger charge is -2.06. The van der Waals surface area contributed by atoms with Crippen LogP contribution in [0.25, 0.3) is 0 Å². The average molecular weight is 569 g/mol. The van der Waals surface area contributed by atoms with E-state index in [1.165, 1.54) is 128 Å². The van der Waals surface area contributed by atoms with Crippen LogP contribution in [-0.2, 0) is 19.1 Å². The Morgan fingerprint density at radius 1 is 0.425 bits per heavy atom. The number of hydrogen-bond donors (Lipinski definition) is 0. The number of ether oxygens (including phenoxy) is 2. The Morgan fingerprint density at radius 2 is 0.700 bits per heavy atom. The Hall–Kier alpha value is -1.06. The number of rotatable bonds is 29. The highest BCUT2D eigenvalue weighted by Crippen LogP contribution is 2.13. The summed E-state index contributed by atoms with van der Waals surface area (Å²) in [6.45, 7) is 12.3. The zero-order chi connectivity index (χ0) is 29.9. The molecule has 0 amide bonds. The summed E-state index contributed by atoms with van der Waals surface area (Å²) in [7, 11) is 0. The maximum Gasteiger partial charge on any atom is 0.306 e. The van der Waals surface area contributed by atoms with Crippen molar-refractivity contribution in [3.8, 4) is 0 Å². The largest absolute Gasteiger partial charge is 0.466 e. The molecule has 0 aromatic carbocycles. The molecule has 0 saturated heterocycles. The zero-order valence-corrected chi connectivity index (χ0v) is 28.0. The van der Waals surface area contributed by atoms with Gasteiger partial charge in [0, 0.05) is 0 Å². The molecule has 0 saturated carbocycles. The number of esters is 2. The molecule has 240 valence electrons. The first-order valence-corrected chi connectivity index (χ1v) is 17.8. The van der Waals surface area contributed by atoms with Crippen molar-refractivity contribution in [3.63, 3.8) is 0 Å². The Bertz CT molecular complexity index is 473. The van der Waals surface area contributed by atoms with Gasteiger partial charge in [-0.1, -0.05) is 176 Å². The lowest BCUT2D eigenvalue weighted by molar-refractivity contribution is -0.150. The van der Waals surface area contributed by atoms with E-state index in [2.05, 4.69) is 34.6 Å². The SMILES string of the molecule is CCCCCCCCCCCCCC(C)C.CCCCCCCCOC(=O)CCC(=O)OCCCCCCCC. The summed E-state index contributed by atoms with van der Waals surface area (Å²) < 4.78 is 10.3. The molecule has 0 rings (SSSR count). The fourth-order valence-electron chi connectivity index (χ4n) is 4.70. The van der Waals surface area contributed by atoms with Crippen LogP contribution < -0.4 is 0 Å². The second-order valence-corrected chi connectivity index (χ2v) is 12.2. The minimum Gasteiger partial charge on any atom is -0.466 e. The molecule has 4 heteroatoms. The summed E-state index contributed by atoms with van der Waals surface area (Å²) >= 11 is 0. The molecular formula is C36H72O4. The molecule has 0 aliphatic rings. The summed E-state index contributed by atoms with van der Waals surface area (Å²) in [6, 6.07) is 0. The van der Waals surface area contributed by atoms with Gasteiger partial charge in [-0.2, -0.15) is 0 Å². The molecule has 0 heterocycles. The van der Waals surface area contributed by atoms with Crippen LogP contribution in [0.4, 0.5) is 0 Å². The Morgan fingerprint density at radius 3 is 1.00 bits per heavy atom. The van der Waals surface area contributed by atoms with Gasteiger partial charge >= 0.3 is 11.9 Å². The lowest BCUT2D eigenvalue weighted by Crippen LogP contribution is -2.11. The summed E-state index contributed by atoms with van der Waals surface area (Å²) in [5.74, 6) is 0.318. The fourth-order valence-corrected chi connectivity index (χ4v) is 4.70. The van der Waals surface area contributed by atoms with E-state index in [9.17, 15) is 9.59 Å². The maximum atomic E-state index is 11.5. The van der Waals surface area contributed by atoms with Crippen LogP contribution in [0.1, 0.15) is 202 Å². The van der Waals surface area contributed by atoms with Gasteiger partial charge in [0.25, 0.3) is 0 Å². The molecule has 0 aliphatic heterocycles. The van der Waals surface area contributed by atoms with Crippen molar-refractivity contribution < 1.29 is 19.1 Å². The molecule has 0 atom stereocenters. The predicted octanol–water partition coefficient (Wildman–Crippen LogP) is 11.9. The second kappa shape index (κ2) is 36.0. The Kier molecular flexibility index (Phi) is 36.9. The Labute approximate surface area is 251 Å². The summed E-state index contributed by atoms with van der Waals surface area (Å²) in [6.07, 6.45) is 31.7. The van der Waals surface area contributed by atoms with Crippen molar-refractivity contribution in [2.24, 2.45) is 5.92 Å². The highest BCUT2D eigenvalue weighted by atomic mass is 16.5. The van der Waals surface area contributed by atoms with Gasteiger partial charge in [-0.05, 0) is 18.8 Å². The van der Waals surface area contributed by atoms with E-state index >= 15 is 0 Å². The minimum absolute atomic E-state index is 0.130. The third-order valence-electron chi connectivity index (χ3n) is 7.44. The van der Waals surface area contributed by atoms with Gasteiger partial charge in [-0.3, -0.25) is 9.59 Å². The van der Waals surface area contributed by atoms with Crippen molar-refractivity contribution in [3.05, 3.63) is 0 Å². The van der Waals surface area contributed by atoms with Crippen molar-refractivity contribution in [1.29, 1.82) is 0 Å². The molecule has 0 radical (unpaired) electrons. The van der Waals surface area contributed by atoms with E-state index < -0.39 is 0 Å². The smallest absolute Gasteiger partial charge is 0.306 e. The quantitative estimate of drug-likeness (QED) is 0.0665. The first kappa shape index (κ1) is 41.1. The van der Waals surface area contributed by atoms with Crippen LogP contribution in [0.2, 0.25) is 0 Å². The lowest BCUT2D eigenvalue weighted by atomic mass is 10.0. The minimum atomic E-state index is -0.292. The molecule has 0 aromatic rings. The van der Waals surface area contributed by atoms with Gasteiger partial charge < -0.3 is 9.47 Å².